The minimum absolute atomic E-state index is 0.641. The SMILES string of the molecule is [2H]CC(O)C(O)C1OC(C(=O)O)(C(CC2(C(=O)O)CC(O)C(NC(C)=O)C(C(O)C(O)CO)O2)C(C)(CC2(C(=O)O)CC(O)C(NC(C)=O)C(C(O)C(O)C[2H])O2)C(C(C)C)C(C)C)CC(O)C1C.[2H]CC(O)C(O)C1OC(CC(C2(C(=O)O)CC(O)C(NC(C)=O)C(C(O)C(O)CO)O2)C(C)(CC2(C(=O)O)CC(O)C(NC(C)=O)C(C(O)C(O)CO)O2)C(C(C)C)C(C)C)(C(=O)O)CC(O)C1C. The van der Waals surface area contributed by atoms with Crippen molar-refractivity contribution < 1.29 is 218 Å². The highest BCUT2D eigenvalue weighted by Gasteiger charge is 2.73. The molecule has 6 rings (SSSR count). The molecule has 4 amide bonds. The smallest absolute Gasteiger partial charge is 0.336 e. The molecule has 0 aromatic heterocycles. The van der Waals surface area contributed by atoms with Gasteiger partial charge in [-0.3, -0.25) is 19.2 Å². The van der Waals surface area contributed by atoms with Gasteiger partial charge in [0.1, 0.15) is 79.4 Å². The number of hydrogen-bond acceptors (Lipinski definition) is 37. The van der Waals surface area contributed by atoms with Gasteiger partial charge in [-0.25, -0.2) is 28.8 Å². The molecule has 0 aromatic carbocycles. The Hall–Kier alpha value is -6.38. The number of aliphatic carboxylic acids is 6. The van der Waals surface area contributed by atoms with Gasteiger partial charge in [0.05, 0.1) is 111 Å². The fraction of sp³-hybridized carbons (Fsp3) is 0.886. The fourth-order valence-corrected chi connectivity index (χ4v) is 23.3. The number of carboxylic acid groups (broad SMARTS) is 6. The summed E-state index contributed by atoms with van der Waals surface area (Å²) in [6.45, 7) is 16.8. The average molecular weight is 1960 g/mol. The van der Waals surface area contributed by atoms with Gasteiger partial charge < -0.3 is 188 Å². The van der Waals surface area contributed by atoms with Crippen LogP contribution < -0.4 is 21.3 Å². The Kier molecular flexibility index (Phi) is 39.7. The lowest BCUT2D eigenvalue weighted by Crippen LogP contribution is -2.73. The molecule has 31 N–H and O–H groups in total. The summed E-state index contributed by atoms with van der Waals surface area (Å²) in [7, 11) is 0. The van der Waals surface area contributed by atoms with Gasteiger partial charge in [0.25, 0.3) is 0 Å². The monoisotopic (exact) mass is 1960 g/mol. The topological polar surface area (TPSA) is 820 Å². The molecule has 0 bridgehead atoms. The summed E-state index contributed by atoms with van der Waals surface area (Å²) in [6, 6.07) is -6.70. The maximum Gasteiger partial charge on any atom is 0.336 e. The third kappa shape index (κ3) is 25.4. The second-order valence-electron chi connectivity index (χ2n) is 40.1. The van der Waals surface area contributed by atoms with Crippen molar-refractivity contribution in [2.75, 3.05) is 19.8 Å². The van der Waals surface area contributed by atoms with E-state index in [2.05, 4.69) is 21.3 Å². The first kappa shape index (κ1) is 114. The van der Waals surface area contributed by atoms with Crippen molar-refractivity contribution in [1.82, 2.24) is 21.3 Å². The molecule has 6 aliphatic rings. The molecule has 0 saturated carbocycles. The molecule has 47 nitrogen and oxygen atoms in total. The first-order valence-corrected chi connectivity index (χ1v) is 45.1. The lowest BCUT2D eigenvalue weighted by molar-refractivity contribution is -0.286. The van der Waals surface area contributed by atoms with Gasteiger partial charge in [0.15, 0.2) is 33.6 Å². The molecule has 0 aliphatic carbocycles. The number of aliphatic hydroxyl groups is 21. The Balaban J connectivity index is 0.000000487. The highest BCUT2D eigenvalue weighted by atomic mass is 16.6. The number of carboxylic acids is 6. The highest BCUT2D eigenvalue weighted by Crippen LogP contribution is 2.63. The van der Waals surface area contributed by atoms with Crippen LogP contribution in [0.15, 0.2) is 0 Å². The van der Waals surface area contributed by atoms with E-state index in [4.69, 9.17) is 32.5 Å². The zero-order valence-electron chi connectivity index (χ0n) is 81.9. The maximum atomic E-state index is 14.5. The van der Waals surface area contributed by atoms with E-state index in [-0.39, 0.29) is 0 Å². The van der Waals surface area contributed by atoms with E-state index in [1.165, 1.54) is 27.7 Å². The molecular formula is C88H152N4O43. The molecule has 0 spiro atoms. The van der Waals surface area contributed by atoms with Crippen molar-refractivity contribution in [2.45, 2.75) is 400 Å². The number of amides is 4. The van der Waals surface area contributed by atoms with Crippen molar-refractivity contribution in [2.24, 2.45) is 70.0 Å². The number of aliphatic hydroxyl groups excluding tert-OH is 21. The molecule has 135 heavy (non-hydrogen) atoms. The molecule has 6 aliphatic heterocycles. The molecule has 0 radical (unpaired) electrons. The summed E-state index contributed by atoms with van der Waals surface area (Å²) in [5.41, 5.74) is -21.8. The van der Waals surface area contributed by atoms with Gasteiger partial charge in [0.2, 0.25) is 23.6 Å². The lowest BCUT2D eigenvalue weighted by atomic mass is 9.50. The Morgan fingerprint density at radius 3 is 0.807 bits per heavy atom. The zero-order chi connectivity index (χ0) is 106. The van der Waals surface area contributed by atoms with Gasteiger partial charge >= 0.3 is 35.8 Å². The summed E-state index contributed by atoms with van der Waals surface area (Å²) < 4.78 is 61.1. The van der Waals surface area contributed by atoms with Crippen LogP contribution >= 0.6 is 0 Å². The molecule has 6 fully saturated rings. The number of nitrogens with one attached hydrogen (secondary N) is 4. The average Bonchev–Trinajstić information content (AvgIpc) is 0.708. The van der Waals surface area contributed by atoms with E-state index in [0.717, 1.165) is 27.7 Å². The molecule has 6 heterocycles. The van der Waals surface area contributed by atoms with Crippen molar-refractivity contribution >= 4 is 59.4 Å². The summed E-state index contributed by atoms with van der Waals surface area (Å²) in [4.78, 5) is 135. The number of ether oxygens (including phenoxy) is 6. The summed E-state index contributed by atoms with van der Waals surface area (Å²) >= 11 is 0. The van der Waals surface area contributed by atoms with Gasteiger partial charge in [-0.2, -0.15) is 0 Å². The van der Waals surface area contributed by atoms with Crippen LogP contribution in [-0.4, -0.2) is 421 Å². The van der Waals surface area contributed by atoms with Crippen LogP contribution in [0.5, 0.6) is 0 Å². The zero-order valence-corrected chi connectivity index (χ0v) is 78.9. The Morgan fingerprint density at radius 1 is 0.333 bits per heavy atom. The largest absolute Gasteiger partial charge is 0.479 e. The fourth-order valence-electron chi connectivity index (χ4n) is 23.3. The van der Waals surface area contributed by atoms with E-state index in [0.29, 0.717) is 0 Å². The van der Waals surface area contributed by atoms with E-state index in [1.807, 2.05) is 0 Å². The minimum Gasteiger partial charge on any atom is -0.479 e. The molecule has 6 saturated heterocycles. The Morgan fingerprint density at radius 2 is 0.548 bits per heavy atom. The number of rotatable bonds is 43. The van der Waals surface area contributed by atoms with E-state index >= 15 is 0 Å². The summed E-state index contributed by atoms with van der Waals surface area (Å²) in [6.07, 6.45) is -58.6. The third-order valence-electron chi connectivity index (χ3n) is 28.9. The number of hydrogen-bond donors (Lipinski definition) is 31. The molecule has 40 atom stereocenters. The van der Waals surface area contributed by atoms with E-state index in [1.54, 1.807) is 55.4 Å². The van der Waals surface area contributed by atoms with Crippen molar-refractivity contribution in [3.05, 3.63) is 0 Å². The summed E-state index contributed by atoms with van der Waals surface area (Å²) in [5.74, 6) is -25.9. The third-order valence-corrected chi connectivity index (χ3v) is 28.9. The van der Waals surface area contributed by atoms with E-state index < -0.39 is 438 Å². The Labute approximate surface area is 786 Å². The van der Waals surface area contributed by atoms with Crippen molar-refractivity contribution in [1.29, 1.82) is 0 Å². The van der Waals surface area contributed by atoms with Crippen LogP contribution in [0.1, 0.15) is 200 Å². The van der Waals surface area contributed by atoms with Gasteiger partial charge in [0, 0.05) is 94.0 Å². The molecular weight excluding hydrogens is 1800 g/mol. The first-order chi connectivity index (χ1) is 63.5. The van der Waals surface area contributed by atoms with Crippen molar-refractivity contribution in [3.63, 3.8) is 0 Å². The van der Waals surface area contributed by atoms with E-state index in [9.17, 15) is 186 Å². The van der Waals surface area contributed by atoms with Crippen molar-refractivity contribution in [3.8, 4) is 0 Å². The van der Waals surface area contributed by atoms with Crippen LogP contribution in [0.25, 0.3) is 0 Å². The first-order valence-electron chi connectivity index (χ1n) is 47.2. The maximum absolute atomic E-state index is 14.5. The van der Waals surface area contributed by atoms with Crippen LogP contribution in [0.4, 0.5) is 0 Å². The molecule has 47 heteroatoms. The van der Waals surface area contributed by atoms with Gasteiger partial charge in [-0.1, -0.05) is 83.1 Å². The predicted octanol–water partition coefficient (Wildman–Crippen LogP) is -6.87. The molecule has 782 valence electrons. The van der Waals surface area contributed by atoms with Crippen LogP contribution in [0.2, 0.25) is 0 Å². The predicted molar refractivity (Wildman–Crippen MR) is 462 cm³/mol. The van der Waals surface area contributed by atoms with Crippen LogP contribution in [0, 0.1) is 70.0 Å². The van der Waals surface area contributed by atoms with Crippen LogP contribution in [-0.2, 0) is 76.4 Å². The molecule has 40 unspecified atom stereocenters. The number of carbonyl (C=O) groups excluding carboxylic acids is 4. The highest BCUT2D eigenvalue weighted by molar-refractivity contribution is 5.84. The Bertz CT molecular complexity index is 4050. The second-order valence-corrected chi connectivity index (χ2v) is 40.1. The normalized spacial score (nSPS) is 36.9. The second kappa shape index (κ2) is 47.0. The van der Waals surface area contributed by atoms with Gasteiger partial charge in [-0.05, 0) is 92.7 Å². The standard InChI is InChI=1S/C44H76N2O22.C44H76N2O21/c1-17(2)29(18(3)4)41(9,16-43(39(62)63)11-24(53)30(45-21(7)50)36(67-43)33(58)26(55)14-47)28(13-42(38(60)61)10-23(52)19(5)35(66-42)32(57)20(6)49)44(40(64)65)12-25(54)31(46-22(8)51)37(68-44)34(59)27(56)15-48;1-17(2)29(18(3)4)41(10,16-43(39(61)62)12-26(54)30(45-22(8)50)36(66-43)33(57)21(7)49)28(44(40(63)64)13-24(52)19(5)35(67-44)32(56)20(6)48)14-42(38(59)60)11-25(53)31(46-23(9)51)37(65-42)34(58)27(55)15-47/h17-20,23-37,47-49,52-59H,10-16H2,1-9H3,(H,45,50)(H,46,51)(H,60,61)(H,62,63)(H,64,65);17-21,24-37,47-49,52-58H,11-16H2,1-10H3,(H,45,50)(H,46,51)(H,59,60)(H,61,62)(H,63,64)/i6D;6D,7D. The minimum atomic E-state index is -3.10. The number of carbonyl (C=O) groups is 10. The molecule has 0 aromatic rings. The van der Waals surface area contributed by atoms with Gasteiger partial charge in [-0.15, -0.1) is 0 Å². The quantitative estimate of drug-likeness (QED) is 0.0270. The lowest BCUT2D eigenvalue weighted by Gasteiger charge is -2.60. The summed E-state index contributed by atoms with van der Waals surface area (Å²) in [5, 5.41) is 311. The van der Waals surface area contributed by atoms with Crippen LogP contribution in [0.3, 0.4) is 0 Å².